The molecule has 0 saturated carbocycles. The highest BCUT2D eigenvalue weighted by Gasteiger charge is 2.07. The third-order valence-corrected chi connectivity index (χ3v) is 3.32. The fourth-order valence-electron chi connectivity index (χ4n) is 2.15. The van der Waals surface area contributed by atoms with Crippen LogP contribution in [-0.2, 0) is 6.54 Å². The molecule has 0 saturated heterocycles. The number of halogens is 1. The number of nitrogens with zero attached hydrogens (tertiary/aromatic N) is 1. The predicted octanol–water partition coefficient (Wildman–Crippen LogP) is 3.49. The van der Waals surface area contributed by atoms with Gasteiger partial charge in [0.1, 0.15) is 5.82 Å². The maximum Gasteiger partial charge on any atom is 0.123 e. The minimum Gasteiger partial charge on any atom is -0.367 e. The number of hydrogen-bond donors (Lipinski definition) is 1. The lowest BCUT2D eigenvalue weighted by Gasteiger charge is -2.25. The van der Waals surface area contributed by atoms with Crippen LogP contribution in [0.2, 0.25) is 0 Å². The van der Waals surface area contributed by atoms with Gasteiger partial charge in [-0.15, -0.1) is 0 Å². The zero-order valence-electron chi connectivity index (χ0n) is 11.8. The molecule has 0 aromatic heterocycles. The minimum absolute atomic E-state index is 0.206. The summed E-state index contributed by atoms with van der Waals surface area (Å²) in [5, 5.41) is 0. The molecule has 2 rings (SSSR count). The fourth-order valence-corrected chi connectivity index (χ4v) is 2.15. The van der Waals surface area contributed by atoms with Crippen molar-refractivity contribution < 1.29 is 4.39 Å². The highest BCUT2D eigenvalue weighted by atomic mass is 19.1. The maximum absolute atomic E-state index is 13.0. The van der Waals surface area contributed by atoms with E-state index in [1.54, 1.807) is 0 Å². The SMILES string of the molecule is Cc1ccc(CN(CCCN)c2ccc(F)cc2)cc1. The van der Waals surface area contributed by atoms with Crippen LogP contribution in [0.15, 0.2) is 48.5 Å². The lowest BCUT2D eigenvalue weighted by molar-refractivity contribution is 0.627. The molecule has 0 aliphatic heterocycles. The summed E-state index contributed by atoms with van der Waals surface area (Å²) < 4.78 is 13.0. The van der Waals surface area contributed by atoms with Gasteiger partial charge in [0.05, 0.1) is 0 Å². The highest BCUT2D eigenvalue weighted by Crippen LogP contribution is 2.18. The second-order valence-corrected chi connectivity index (χ2v) is 5.03. The molecule has 0 fully saturated rings. The Morgan fingerprint density at radius 3 is 2.25 bits per heavy atom. The molecule has 106 valence electrons. The van der Waals surface area contributed by atoms with Gasteiger partial charge in [-0.1, -0.05) is 29.8 Å². The van der Waals surface area contributed by atoms with Gasteiger partial charge in [0, 0.05) is 18.8 Å². The summed E-state index contributed by atoms with van der Waals surface area (Å²) in [5.41, 5.74) is 9.13. The first kappa shape index (κ1) is 14.5. The van der Waals surface area contributed by atoms with Crippen LogP contribution >= 0.6 is 0 Å². The van der Waals surface area contributed by atoms with E-state index >= 15 is 0 Å². The Balaban J connectivity index is 2.14. The molecular weight excluding hydrogens is 251 g/mol. The van der Waals surface area contributed by atoms with Crippen LogP contribution in [0.4, 0.5) is 10.1 Å². The quantitative estimate of drug-likeness (QED) is 0.872. The Kier molecular flexibility index (Phi) is 5.13. The molecule has 0 bridgehead atoms. The average molecular weight is 272 g/mol. The lowest BCUT2D eigenvalue weighted by atomic mass is 10.1. The van der Waals surface area contributed by atoms with Crippen molar-refractivity contribution in [1.82, 2.24) is 0 Å². The van der Waals surface area contributed by atoms with E-state index in [0.717, 1.165) is 25.2 Å². The molecule has 0 amide bonds. The molecule has 0 radical (unpaired) electrons. The molecule has 0 atom stereocenters. The van der Waals surface area contributed by atoms with Crippen molar-refractivity contribution in [3.63, 3.8) is 0 Å². The van der Waals surface area contributed by atoms with Crippen molar-refractivity contribution in [3.05, 3.63) is 65.5 Å². The van der Waals surface area contributed by atoms with Crippen molar-refractivity contribution in [1.29, 1.82) is 0 Å². The van der Waals surface area contributed by atoms with E-state index < -0.39 is 0 Å². The highest BCUT2D eigenvalue weighted by molar-refractivity contribution is 5.47. The van der Waals surface area contributed by atoms with Crippen molar-refractivity contribution >= 4 is 5.69 Å². The molecule has 2 nitrogen and oxygen atoms in total. The zero-order chi connectivity index (χ0) is 14.4. The van der Waals surface area contributed by atoms with E-state index in [0.29, 0.717) is 6.54 Å². The molecule has 0 aliphatic carbocycles. The van der Waals surface area contributed by atoms with E-state index in [1.807, 2.05) is 12.1 Å². The van der Waals surface area contributed by atoms with Crippen molar-refractivity contribution in [2.75, 3.05) is 18.0 Å². The summed E-state index contributed by atoms with van der Waals surface area (Å²) in [7, 11) is 0. The average Bonchev–Trinajstić information content (AvgIpc) is 2.46. The van der Waals surface area contributed by atoms with Gasteiger partial charge >= 0.3 is 0 Å². The smallest absolute Gasteiger partial charge is 0.123 e. The van der Waals surface area contributed by atoms with Gasteiger partial charge in [-0.3, -0.25) is 0 Å². The summed E-state index contributed by atoms with van der Waals surface area (Å²) in [6, 6.07) is 15.1. The summed E-state index contributed by atoms with van der Waals surface area (Å²) in [6.07, 6.45) is 0.920. The van der Waals surface area contributed by atoms with E-state index in [1.165, 1.54) is 23.3 Å². The molecular formula is C17H21FN2. The first-order valence-electron chi connectivity index (χ1n) is 6.95. The summed E-state index contributed by atoms with van der Waals surface area (Å²) in [5.74, 6) is -0.206. The van der Waals surface area contributed by atoms with Gasteiger partial charge in [-0.25, -0.2) is 4.39 Å². The maximum atomic E-state index is 13.0. The summed E-state index contributed by atoms with van der Waals surface area (Å²) in [4.78, 5) is 2.23. The van der Waals surface area contributed by atoms with Gasteiger partial charge in [-0.2, -0.15) is 0 Å². The first-order valence-corrected chi connectivity index (χ1v) is 6.95. The van der Waals surface area contributed by atoms with Crippen molar-refractivity contribution in [2.24, 2.45) is 5.73 Å². The second kappa shape index (κ2) is 7.06. The lowest BCUT2D eigenvalue weighted by Crippen LogP contribution is -2.25. The number of aryl methyl sites for hydroxylation is 1. The molecule has 0 unspecified atom stereocenters. The molecule has 0 heterocycles. The third kappa shape index (κ3) is 4.07. The van der Waals surface area contributed by atoms with Crippen LogP contribution in [0, 0.1) is 12.7 Å². The molecule has 20 heavy (non-hydrogen) atoms. The number of hydrogen-bond acceptors (Lipinski definition) is 2. The Bertz CT molecular complexity index is 520. The summed E-state index contributed by atoms with van der Waals surface area (Å²) in [6.45, 7) is 4.42. The Morgan fingerprint density at radius 1 is 1.00 bits per heavy atom. The van der Waals surface area contributed by atoms with Gasteiger partial charge < -0.3 is 10.6 Å². The van der Waals surface area contributed by atoms with Gasteiger partial charge in [-0.05, 0) is 49.7 Å². The molecule has 2 aromatic carbocycles. The standard InChI is InChI=1S/C17H21FN2/c1-14-3-5-15(6-4-14)13-20(12-2-11-19)17-9-7-16(18)8-10-17/h3-10H,2,11-13,19H2,1H3. The zero-order valence-corrected chi connectivity index (χ0v) is 11.8. The van der Waals surface area contributed by atoms with Crippen LogP contribution in [0.1, 0.15) is 17.5 Å². The van der Waals surface area contributed by atoms with Gasteiger partial charge in [0.25, 0.3) is 0 Å². The molecule has 2 N–H and O–H groups in total. The Labute approximate surface area is 120 Å². The number of rotatable bonds is 6. The Hall–Kier alpha value is -1.87. The van der Waals surface area contributed by atoms with E-state index in [2.05, 4.69) is 36.1 Å². The fraction of sp³-hybridized carbons (Fsp3) is 0.294. The van der Waals surface area contributed by atoms with Crippen LogP contribution < -0.4 is 10.6 Å². The van der Waals surface area contributed by atoms with Crippen LogP contribution in [-0.4, -0.2) is 13.1 Å². The third-order valence-electron chi connectivity index (χ3n) is 3.32. The van der Waals surface area contributed by atoms with Crippen molar-refractivity contribution in [2.45, 2.75) is 19.9 Å². The minimum atomic E-state index is -0.206. The van der Waals surface area contributed by atoms with E-state index in [9.17, 15) is 4.39 Å². The van der Waals surface area contributed by atoms with Crippen LogP contribution in [0.5, 0.6) is 0 Å². The second-order valence-electron chi connectivity index (χ2n) is 5.03. The molecule has 3 heteroatoms. The summed E-state index contributed by atoms with van der Waals surface area (Å²) >= 11 is 0. The number of benzene rings is 2. The number of anilines is 1. The van der Waals surface area contributed by atoms with Crippen LogP contribution in [0.3, 0.4) is 0 Å². The largest absolute Gasteiger partial charge is 0.367 e. The Morgan fingerprint density at radius 2 is 1.65 bits per heavy atom. The molecule has 0 aliphatic rings. The van der Waals surface area contributed by atoms with E-state index in [-0.39, 0.29) is 5.82 Å². The number of nitrogens with two attached hydrogens (primary N) is 1. The van der Waals surface area contributed by atoms with Gasteiger partial charge in [0.2, 0.25) is 0 Å². The van der Waals surface area contributed by atoms with Crippen LogP contribution in [0.25, 0.3) is 0 Å². The topological polar surface area (TPSA) is 29.3 Å². The van der Waals surface area contributed by atoms with E-state index in [4.69, 9.17) is 5.73 Å². The molecule has 0 spiro atoms. The monoisotopic (exact) mass is 272 g/mol. The predicted molar refractivity (Wildman–Crippen MR) is 82.3 cm³/mol. The van der Waals surface area contributed by atoms with Crippen molar-refractivity contribution in [3.8, 4) is 0 Å². The molecule has 2 aromatic rings. The normalized spacial score (nSPS) is 10.6. The first-order chi connectivity index (χ1) is 9.69. The van der Waals surface area contributed by atoms with Gasteiger partial charge in [0.15, 0.2) is 0 Å².